The van der Waals surface area contributed by atoms with Gasteiger partial charge >= 0.3 is 0 Å². The number of nitrogens with one attached hydrogen (secondary N) is 2. The smallest absolute Gasteiger partial charge is 0.173 e. The van der Waals surface area contributed by atoms with Crippen LogP contribution in [0.4, 0.5) is 0 Å². The Morgan fingerprint density at radius 1 is 1.15 bits per heavy atom. The highest BCUT2D eigenvalue weighted by Crippen LogP contribution is 2.30. The lowest BCUT2D eigenvalue weighted by molar-refractivity contribution is 0.143. The fraction of sp³-hybridized carbons (Fsp3) is 0.227. The predicted octanol–water partition coefficient (Wildman–Crippen LogP) is 5.69. The zero-order valence-electron chi connectivity index (χ0n) is 15.6. The molecule has 27 heavy (non-hydrogen) atoms. The van der Waals surface area contributed by atoms with Gasteiger partial charge in [0.25, 0.3) is 0 Å². The van der Waals surface area contributed by atoms with Crippen LogP contribution < -0.4 is 0 Å². The van der Waals surface area contributed by atoms with Crippen LogP contribution in [0.2, 0.25) is 0 Å². The number of amidine groups is 1. The van der Waals surface area contributed by atoms with E-state index in [0.717, 1.165) is 34.8 Å². The van der Waals surface area contributed by atoms with Crippen LogP contribution in [-0.4, -0.2) is 23.6 Å². The number of benzene rings is 2. The molecule has 3 aromatic rings. The van der Waals surface area contributed by atoms with E-state index in [4.69, 9.17) is 15.7 Å². The van der Waals surface area contributed by atoms with E-state index in [1.165, 1.54) is 0 Å². The van der Waals surface area contributed by atoms with Gasteiger partial charge in [0, 0.05) is 41.0 Å². The Balaban J connectivity index is 1.96. The van der Waals surface area contributed by atoms with Crippen molar-refractivity contribution in [1.29, 1.82) is 10.9 Å². The van der Waals surface area contributed by atoms with Crippen LogP contribution in [0.3, 0.4) is 0 Å². The minimum absolute atomic E-state index is 0.0248. The van der Waals surface area contributed by atoms with Gasteiger partial charge in [-0.3, -0.25) is 5.41 Å². The van der Waals surface area contributed by atoms with E-state index in [2.05, 4.69) is 40.0 Å². The van der Waals surface area contributed by atoms with Gasteiger partial charge in [-0.15, -0.1) is 5.11 Å². The Morgan fingerprint density at radius 2 is 1.93 bits per heavy atom. The van der Waals surface area contributed by atoms with Crippen LogP contribution in [0.5, 0.6) is 0 Å². The van der Waals surface area contributed by atoms with E-state index < -0.39 is 0 Å². The monoisotopic (exact) mass is 360 g/mol. The summed E-state index contributed by atoms with van der Waals surface area (Å²) in [4.78, 5) is 0. The molecule has 0 aliphatic rings. The fourth-order valence-electron chi connectivity index (χ4n) is 3.34. The molecule has 0 aliphatic heterocycles. The largest absolute Gasteiger partial charge is 0.377 e. The van der Waals surface area contributed by atoms with E-state index in [1.54, 1.807) is 7.11 Å². The molecule has 0 aliphatic carbocycles. The Hall–Kier alpha value is -3.05. The minimum atomic E-state index is -0.0248. The molecule has 3 rings (SSSR count). The average molecular weight is 360 g/mol. The maximum Gasteiger partial charge on any atom is 0.173 e. The number of methoxy groups -OCH3 is 1. The third-order valence-corrected chi connectivity index (χ3v) is 4.69. The summed E-state index contributed by atoms with van der Waals surface area (Å²) >= 11 is 0. The molecule has 0 spiro atoms. The van der Waals surface area contributed by atoms with Gasteiger partial charge < -0.3 is 9.30 Å². The van der Waals surface area contributed by atoms with Gasteiger partial charge in [0.05, 0.1) is 6.10 Å². The number of hydrogen-bond acceptors (Lipinski definition) is 3. The maximum absolute atomic E-state index is 7.81. The number of hydrogen-bond donors (Lipinski definition) is 2. The van der Waals surface area contributed by atoms with Crippen molar-refractivity contribution in [3.8, 4) is 0 Å². The number of rotatable bonds is 7. The Morgan fingerprint density at radius 3 is 2.67 bits per heavy atom. The van der Waals surface area contributed by atoms with Crippen LogP contribution in [0.15, 0.2) is 71.9 Å². The summed E-state index contributed by atoms with van der Waals surface area (Å²) in [6.07, 6.45) is 9.32. The van der Waals surface area contributed by atoms with Gasteiger partial charge in [-0.25, -0.2) is 5.53 Å². The normalized spacial score (nSPS) is 13.1. The Kier molecular flexibility index (Phi) is 5.94. The van der Waals surface area contributed by atoms with Crippen LogP contribution in [0.1, 0.15) is 18.9 Å². The van der Waals surface area contributed by atoms with Crippen molar-refractivity contribution < 1.29 is 4.74 Å². The van der Waals surface area contributed by atoms with Crippen molar-refractivity contribution in [1.82, 2.24) is 4.57 Å². The van der Waals surface area contributed by atoms with Crippen molar-refractivity contribution >= 4 is 27.6 Å². The van der Waals surface area contributed by atoms with Crippen LogP contribution in [0.25, 0.3) is 21.8 Å². The minimum Gasteiger partial charge on any atom is -0.377 e. The highest BCUT2D eigenvalue weighted by Gasteiger charge is 2.11. The number of nitrogens with zero attached hydrogens (tertiary/aromatic N) is 2. The number of aromatic nitrogens is 1. The van der Waals surface area contributed by atoms with Crippen molar-refractivity contribution in [2.75, 3.05) is 7.11 Å². The van der Waals surface area contributed by atoms with Gasteiger partial charge in [-0.05, 0) is 37.6 Å². The van der Waals surface area contributed by atoms with Crippen LogP contribution in [-0.2, 0) is 11.3 Å². The highest BCUT2D eigenvalue weighted by molar-refractivity contribution is 6.11. The molecular formula is C22H24N4O. The summed E-state index contributed by atoms with van der Waals surface area (Å²) in [6.45, 7) is 2.76. The second-order valence-electron chi connectivity index (χ2n) is 6.33. The molecule has 0 radical (unpaired) electrons. The number of fused-ring (bicyclic) bond motifs is 3. The zero-order valence-corrected chi connectivity index (χ0v) is 15.6. The molecule has 0 saturated carbocycles. The lowest BCUT2D eigenvalue weighted by Crippen LogP contribution is -2.04. The summed E-state index contributed by atoms with van der Waals surface area (Å²) in [5.74, 6) is -0.0248. The van der Waals surface area contributed by atoms with Gasteiger partial charge in [-0.1, -0.05) is 42.5 Å². The Bertz CT molecular complexity index is 1030. The van der Waals surface area contributed by atoms with E-state index in [9.17, 15) is 0 Å². The second kappa shape index (κ2) is 8.56. The first kappa shape index (κ1) is 18.7. The fourth-order valence-corrected chi connectivity index (χ4v) is 3.34. The summed E-state index contributed by atoms with van der Waals surface area (Å²) in [7, 11) is 1.73. The summed E-state index contributed by atoms with van der Waals surface area (Å²) in [5, 5.41) is 13.3. The van der Waals surface area contributed by atoms with E-state index >= 15 is 0 Å². The molecule has 1 unspecified atom stereocenters. The lowest BCUT2D eigenvalue weighted by atomic mass is 10.1. The van der Waals surface area contributed by atoms with Crippen molar-refractivity contribution in [3.05, 3.63) is 72.3 Å². The van der Waals surface area contributed by atoms with E-state index in [0.29, 0.717) is 5.56 Å². The molecule has 0 saturated heterocycles. The first-order valence-electron chi connectivity index (χ1n) is 8.97. The van der Waals surface area contributed by atoms with E-state index in [-0.39, 0.29) is 11.9 Å². The molecule has 1 aromatic heterocycles. The van der Waals surface area contributed by atoms with Gasteiger partial charge in [0.1, 0.15) is 0 Å². The standard InChI is InChI=1S/C22H24N4O/c1-3-8-17(27-2)9-6-7-14-26-20-11-5-4-10-18(20)19-15-16(22(23)25-24)12-13-21(19)26/h3-8,10-13,15,17,23-24H,9,14H2,1-2H3/b7-6+,8-3-,23-22?,25-24?. The number of allylic oxidation sites excluding steroid dienone is 2. The molecule has 1 heterocycles. The molecule has 1 atom stereocenters. The van der Waals surface area contributed by atoms with Crippen LogP contribution in [0, 0.1) is 10.9 Å². The Labute approximate surface area is 159 Å². The molecular weight excluding hydrogens is 336 g/mol. The molecule has 0 bridgehead atoms. The molecule has 5 nitrogen and oxygen atoms in total. The average Bonchev–Trinajstić information content (AvgIpc) is 3.03. The quantitative estimate of drug-likeness (QED) is 0.241. The van der Waals surface area contributed by atoms with Gasteiger partial charge in [0.2, 0.25) is 0 Å². The number of para-hydroxylation sites is 1. The third kappa shape index (κ3) is 3.88. The van der Waals surface area contributed by atoms with E-state index in [1.807, 2.05) is 43.3 Å². The summed E-state index contributed by atoms with van der Waals surface area (Å²) in [6, 6.07) is 14.1. The van der Waals surface area contributed by atoms with Crippen molar-refractivity contribution in [2.45, 2.75) is 26.0 Å². The molecule has 5 heteroatoms. The molecule has 2 aromatic carbocycles. The van der Waals surface area contributed by atoms with Gasteiger partial charge in [0.15, 0.2) is 5.84 Å². The SMILES string of the molecule is C/C=C\C(C/C=C/Cn1c2ccccc2c2cc(C(=N)N=N)ccc21)OC. The summed E-state index contributed by atoms with van der Waals surface area (Å²) in [5.41, 5.74) is 10.0. The highest BCUT2D eigenvalue weighted by atomic mass is 16.5. The van der Waals surface area contributed by atoms with Crippen molar-refractivity contribution in [3.63, 3.8) is 0 Å². The molecule has 0 fully saturated rings. The first-order valence-corrected chi connectivity index (χ1v) is 8.97. The van der Waals surface area contributed by atoms with Crippen LogP contribution >= 0.6 is 0 Å². The summed E-state index contributed by atoms with van der Waals surface area (Å²) < 4.78 is 7.69. The lowest BCUT2D eigenvalue weighted by Gasteiger charge is -2.08. The third-order valence-electron chi connectivity index (χ3n) is 4.69. The second-order valence-corrected chi connectivity index (χ2v) is 6.33. The predicted molar refractivity (Wildman–Crippen MR) is 111 cm³/mol. The molecule has 138 valence electrons. The van der Waals surface area contributed by atoms with Crippen molar-refractivity contribution in [2.24, 2.45) is 5.11 Å². The first-order chi connectivity index (χ1) is 13.2. The van der Waals surface area contributed by atoms with Gasteiger partial charge in [-0.2, -0.15) is 0 Å². The topological polar surface area (TPSA) is 74.2 Å². The number of ether oxygens (including phenoxy) is 1. The molecule has 2 N–H and O–H groups in total. The molecule has 0 amide bonds. The maximum atomic E-state index is 7.81. The zero-order chi connectivity index (χ0) is 19.2.